The minimum Gasteiger partial charge on any atom is -0.384 e. The Kier molecular flexibility index (Phi) is 6.36. The highest BCUT2D eigenvalue weighted by Gasteiger charge is 2.14. The number of fused-ring (bicyclic) bond motifs is 1. The maximum atomic E-state index is 6.43. The molecular formula is C23H25Cl2N3. The summed E-state index contributed by atoms with van der Waals surface area (Å²) in [6.07, 6.45) is 5.06. The third-order valence-electron chi connectivity index (χ3n) is 5.44. The number of rotatable bonds is 6. The van der Waals surface area contributed by atoms with Crippen molar-refractivity contribution in [1.29, 1.82) is 0 Å². The van der Waals surface area contributed by atoms with Crippen molar-refractivity contribution in [1.82, 2.24) is 10.3 Å². The van der Waals surface area contributed by atoms with Crippen LogP contribution < -0.4 is 10.6 Å². The van der Waals surface area contributed by atoms with Crippen LogP contribution in [-0.4, -0.2) is 24.6 Å². The lowest BCUT2D eigenvalue weighted by atomic mass is 9.95. The van der Waals surface area contributed by atoms with E-state index in [-0.39, 0.29) is 0 Å². The van der Waals surface area contributed by atoms with Crippen molar-refractivity contribution in [3.05, 3.63) is 58.6 Å². The molecule has 146 valence electrons. The molecule has 0 bridgehead atoms. The van der Waals surface area contributed by atoms with Crippen molar-refractivity contribution in [2.75, 3.05) is 25.0 Å². The second-order valence-corrected chi connectivity index (χ2v) is 8.26. The number of nitrogens with one attached hydrogen (secondary N) is 2. The quantitative estimate of drug-likeness (QED) is 0.458. The largest absolute Gasteiger partial charge is 0.384 e. The molecular weight excluding hydrogens is 389 g/mol. The fourth-order valence-electron chi connectivity index (χ4n) is 3.98. The Labute approximate surface area is 176 Å². The lowest BCUT2D eigenvalue weighted by Gasteiger charge is -2.22. The van der Waals surface area contributed by atoms with Crippen molar-refractivity contribution < 1.29 is 0 Å². The molecule has 0 aliphatic carbocycles. The van der Waals surface area contributed by atoms with Crippen molar-refractivity contribution in [3.63, 3.8) is 0 Å². The SMILES string of the molecule is Clc1cccc(Cl)c1-c1cc(NCCCC2CCCNC2)c2ccccc2n1. The van der Waals surface area contributed by atoms with Gasteiger partial charge in [0.1, 0.15) is 0 Å². The highest BCUT2D eigenvalue weighted by molar-refractivity contribution is 6.39. The summed E-state index contributed by atoms with van der Waals surface area (Å²) in [5, 5.41) is 9.48. The van der Waals surface area contributed by atoms with Gasteiger partial charge in [-0.05, 0) is 69.0 Å². The maximum absolute atomic E-state index is 6.43. The van der Waals surface area contributed by atoms with E-state index in [1.54, 1.807) is 0 Å². The molecule has 2 heterocycles. The number of para-hydroxylation sites is 1. The van der Waals surface area contributed by atoms with Gasteiger partial charge in [0.25, 0.3) is 0 Å². The number of anilines is 1. The minimum absolute atomic E-state index is 0.617. The van der Waals surface area contributed by atoms with E-state index in [9.17, 15) is 0 Å². The Hall–Kier alpha value is -1.81. The summed E-state index contributed by atoms with van der Waals surface area (Å²) in [6.45, 7) is 3.28. The van der Waals surface area contributed by atoms with E-state index in [1.807, 2.05) is 36.4 Å². The average Bonchev–Trinajstić information content (AvgIpc) is 2.72. The molecule has 2 aromatic carbocycles. The van der Waals surface area contributed by atoms with Gasteiger partial charge in [0.2, 0.25) is 0 Å². The Morgan fingerprint density at radius 3 is 2.68 bits per heavy atom. The number of nitrogens with zero attached hydrogens (tertiary/aromatic N) is 1. The van der Waals surface area contributed by atoms with E-state index in [2.05, 4.69) is 22.8 Å². The molecule has 1 fully saturated rings. The lowest BCUT2D eigenvalue weighted by molar-refractivity contribution is 0.353. The van der Waals surface area contributed by atoms with Gasteiger partial charge in [-0.3, -0.25) is 0 Å². The summed E-state index contributed by atoms with van der Waals surface area (Å²) in [5.74, 6) is 0.808. The van der Waals surface area contributed by atoms with Crippen molar-refractivity contribution in [2.24, 2.45) is 5.92 Å². The van der Waals surface area contributed by atoms with E-state index in [0.717, 1.165) is 53.3 Å². The van der Waals surface area contributed by atoms with E-state index < -0.39 is 0 Å². The summed E-state index contributed by atoms with van der Waals surface area (Å²) in [6, 6.07) is 15.8. The van der Waals surface area contributed by atoms with Gasteiger partial charge in [-0.2, -0.15) is 0 Å². The van der Waals surface area contributed by atoms with Crippen LogP contribution in [0, 0.1) is 5.92 Å². The number of benzene rings is 2. The van der Waals surface area contributed by atoms with Crippen LogP contribution in [0.5, 0.6) is 0 Å². The summed E-state index contributed by atoms with van der Waals surface area (Å²) < 4.78 is 0. The molecule has 2 N–H and O–H groups in total. The van der Waals surface area contributed by atoms with Crippen LogP contribution in [0.3, 0.4) is 0 Å². The number of aromatic nitrogens is 1. The third-order valence-corrected chi connectivity index (χ3v) is 6.07. The van der Waals surface area contributed by atoms with Gasteiger partial charge in [0.05, 0.1) is 21.3 Å². The third kappa shape index (κ3) is 4.43. The summed E-state index contributed by atoms with van der Waals surface area (Å²) in [7, 11) is 0. The van der Waals surface area contributed by atoms with Crippen molar-refractivity contribution in [3.8, 4) is 11.3 Å². The molecule has 0 radical (unpaired) electrons. The van der Waals surface area contributed by atoms with Crippen molar-refractivity contribution in [2.45, 2.75) is 25.7 Å². The van der Waals surface area contributed by atoms with E-state index in [1.165, 1.54) is 25.8 Å². The first-order valence-electron chi connectivity index (χ1n) is 10.0. The van der Waals surface area contributed by atoms with E-state index in [4.69, 9.17) is 28.2 Å². The first-order valence-corrected chi connectivity index (χ1v) is 10.8. The van der Waals surface area contributed by atoms with Crippen LogP contribution in [0.1, 0.15) is 25.7 Å². The molecule has 1 aliphatic rings. The van der Waals surface area contributed by atoms with Gasteiger partial charge in [-0.15, -0.1) is 0 Å². The highest BCUT2D eigenvalue weighted by Crippen LogP contribution is 2.36. The van der Waals surface area contributed by atoms with Crippen LogP contribution in [0.25, 0.3) is 22.2 Å². The predicted molar refractivity (Wildman–Crippen MR) is 121 cm³/mol. The number of pyridine rings is 1. The van der Waals surface area contributed by atoms with Gasteiger partial charge in [0.15, 0.2) is 0 Å². The van der Waals surface area contributed by atoms with Crippen LogP contribution >= 0.6 is 23.2 Å². The number of hydrogen-bond donors (Lipinski definition) is 2. The Balaban J connectivity index is 1.56. The van der Waals surface area contributed by atoms with E-state index in [0.29, 0.717) is 10.0 Å². The molecule has 1 saturated heterocycles. The first kappa shape index (κ1) is 19.5. The van der Waals surface area contributed by atoms with Gasteiger partial charge in [-0.1, -0.05) is 47.5 Å². The molecule has 3 aromatic rings. The number of halogens is 2. The normalized spacial score (nSPS) is 17.0. The van der Waals surface area contributed by atoms with Gasteiger partial charge in [-0.25, -0.2) is 4.98 Å². The van der Waals surface area contributed by atoms with Gasteiger partial charge >= 0.3 is 0 Å². The van der Waals surface area contributed by atoms with Gasteiger partial charge < -0.3 is 10.6 Å². The van der Waals surface area contributed by atoms with Crippen LogP contribution in [0.15, 0.2) is 48.5 Å². The molecule has 28 heavy (non-hydrogen) atoms. The first-order chi connectivity index (χ1) is 13.7. The topological polar surface area (TPSA) is 37.0 Å². The Morgan fingerprint density at radius 1 is 1.07 bits per heavy atom. The number of piperidine rings is 1. The smallest absolute Gasteiger partial charge is 0.0760 e. The Morgan fingerprint density at radius 2 is 1.89 bits per heavy atom. The second kappa shape index (κ2) is 9.13. The molecule has 1 unspecified atom stereocenters. The van der Waals surface area contributed by atoms with Gasteiger partial charge in [0, 0.05) is 23.2 Å². The highest BCUT2D eigenvalue weighted by atomic mass is 35.5. The lowest BCUT2D eigenvalue weighted by Crippen LogP contribution is -2.29. The molecule has 3 nitrogen and oxygen atoms in total. The fourth-order valence-corrected chi connectivity index (χ4v) is 4.57. The maximum Gasteiger partial charge on any atom is 0.0760 e. The zero-order valence-corrected chi connectivity index (χ0v) is 17.4. The molecule has 1 aromatic heterocycles. The zero-order valence-electron chi connectivity index (χ0n) is 15.8. The fraction of sp³-hybridized carbons (Fsp3) is 0.348. The van der Waals surface area contributed by atoms with Crippen LogP contribution in [-0.2, 0) is 0 Å². The van der Waals surface area contributed by atoms with Crippen LogP contribution in [0.2, 0.25) is 10.0 Å². The average molecular weight is 414 g/mol. The predicted octanol–water partition coefficient (Wildman–Crippen LogP) is 6.40. The minimum atomic E-state index is 0.617. The standard InChI is InChI=1S/C23H25Cl2N3/c24-18-9-3-10-19(25)23(18)22-14-21(17-8-1-2-11-20(17)28-22)27-13-5-7-16-6-4-12-26-15-16/h1-3,8-11,14,16,26H,4-7,12-13,15H2,(H,27,28). The second-order valence-electron chi connectivity index (χ2n) is 7.45. The van der Waals surface area contributed by atoms with Crippen molar-refractivity contribution >= 4 is 39.8 Å². The summed E-state index contributed by atoms with van der Waals surface area (Å²) >= 11 is 12.9. The molecule has 1 aliphatic heterocycles. The van der Waals surface area contributed by atoms with E-state index >= 15 is 0 Å². The molecule has 4 rings (SSSR count). The Bertz CT molecular complexity index is 931. The molecule has 5 heteroatoms. The number of hydrogen-bond acceptors (Lipinski definition) is 3. The van der Waals surface area contributed by atoms with Crippen LogP contribution in [0.4, 0.5) is 5.69 Å². The summed E-state index contributed by atoms with van der Waals surface area (Å²) in [5.41, 5.74) is 3.61. The summed E-state index contributed by atoms with van der Waals surface area (Å²) in [4.78, 5) is 4.81. The molecule has 0 spiro atoms. The molecule has 0 amide bonds. The monoisotopic (exact) mass is 413 g/mol. The molecule has 0 saturated carbocycles. The molecule has 1 atom stereocenters. The zero-order chi connectivity index (χ0) is 19.3.